The summed E-state index contributed by atoms with van der Waals surface area (Å²) in [5.41, 5.74) is 5.97. The minimum atomic E-state index is 0.199. The van der Waals surface area contributed by atoms with E-state index in [1.165, 1.54) is 0 Å². The summed E-state index contributed by atoms with van der Waals surface area (Å²) in [4.78, 5) is 41.3. The van der Waals surface area contributed by atoms with Gasteiger partial charge in [0, 0.05) is 27.2 Å². The molecule has 0 unspecified atom stereocenters. The summed E-state index contributed by atoms with van der Waals surface area (Å²) < 4.78 is 6.72. The molecule has 0 aliphatic carbocycles. The summed E-state index contributed by atoms with van der Waals surface area (Å²) in [7, 11) is 3.95. The van der Waals surface area contributed by atoms with Gasteiger partial charge in [0.05, 0.1) is 24.1 Å². The molecule has 0 saturated heterocycles. The Balaban J connectivity index is 0.000000273. The first-order chi connectivity index (χ1) is 22.2. The van der Waals surface area contributed by atoms with Crippen molar-refractivity contribution in [1.82, 2.24) is 19.8 Å². The van der Waals surface area contributed by atoms with Gasteiger partial charge in [-0.3, -0.25) is 9.59 Å². The van der Waals surface area contributed by atoms with Crippen LogP contribution in [0.4, 0.5) is 11.4 Å². The summed E-state index contributed by atoms with van der Waals surface area (Å²) >= 11 is 19.0. The maximum atomic E-state index is 10.8. The molecule has 0 aliphatic heterocycles. The quantitative estimate of drug-likeness (QED) is 0.0970. The zero-order valence-electron chi connectivity index (χ0n) is 27.3. The molecule has 2 aromatic heterocycles. The SMILES string of the molecule is CCN(C)C=Nc1cc(C)c(O)cc1C.CCN(C)C=Nc1cc(C)c(Oc2nc(C=O)c(Cl)s2)cc1C.O=Cc1nc(Cl)sc1Cl. The van der Waals surface area contributed by atoms with E-state index in [2.05, 4.69) is 33.8 Å². The second-order valence-electron chi connectivity index (χ2n) is 10.1. The molecule has 0 atom stereocenters. The van der Waals surface area contributed by atoms with E-state index in [9.17, 15) is 14.7 Å². The van der Waals surface area contributed by atoms with Crippen LogP contribution in [-0.4, -0.2) is 77.3 Å². The van der Waals surface area contributed by atoms with Gasteiger partial charge in [0.15, 0.2) is 17.0 Å². The number of phenols is 1. The molecule has 0 fully saturated rings. The number of thiazole rings is 2. The lowest BCUT2D eigenvalue weighted by Gasteiger charge is -2.11. The number of aryl methyl sites for hydroxylation is 4. The van der Waals surface area contributed by atoms with Gasteiger partial charge in [0.2, 0.25) is 0 Å². The maximum absolute atomic E-state index is 10.8. The van der Waals surface area contributed by atoms with Crippen LogP contribution in [0.3, 0.4) is 0 Å². The summed E-state index contributed by atoms with van der Waals surface area (Å²) in [6.07, 6.45) is 4.80. The van der Waals surface area contributed by atoms with Crippen molar-refractivity contribution < 1.29 is 19.4 Å². The number of carbonyl (C=O) groups excluding carboxylic acids is 2. The summed E-state index contributed by atoms with van der Waals surface area (Å²) in [6, 6.07) is 7.50. The predicted molar refractivity (Wildman–Crippen MR) is 197 cm³/mol. The normalized spacial score (nSPS) is 10.7. The van der Waals surface area contributed by atoms with E-state index in [0.717, 1.165) is 69.4 Å². The first-order valence-electron chi connectivity index (χ1n) is 14.2. The Morgan fingerprint density at radius 2 is 1.26 bits per heavy atom. The number of rotatable bonds is 10. The van der Waals surface area contributed by atoms with E-state index in [1.54, 1.807) is 18.7 Å². The summed E-state index contributed by atoms with van der Waals surface area (Å²) in [5.74, 6) is 1.00. The van der Waals surface area contributed by atoms with Gasteiger partial charge in [0.1, 0.15) is 31.6 Å². The van der Waals surface area contributed by atoms with E-state index in [4.69, 9.17) is 39.5 Å². The molecule has 47 heavy (non-hydrogen) atoms. The van der Waals surface area contributed by atoms with E-state index in [-0.39, 0.29) is 11.4 Å². The molecular weight excluding hydrogens is 703 g/mol. The van der Waals surface area contributed by atoms with Crippen LogP contribution in [0, 0.1) is 27.7 Å². The Kier molecular flexibility index (Phi) is 16.3. The number of ether oxygens (including phenoxy) is 1. The van der Waals surface area contributed by atoms with Crippen molar-refractivity contribution in [3.8, 4) is 16.7 Å². The Morgan fingerprint density at radius 1 is 0.766 bits per heavy atom. The molecule has 2 aromatic carbocycles. The maximum Gasteiger partial charge on any atom is 0.280 e. The monoisotopic (exact) mass is 738 g/mol. The van der Waals surface area contributed by atoms with Gasteiger partial charge in [-0.1, -0.05) is 57.5 Å². The molecule has 0 bridgehead atoms. The van der Waals surface area contributed by atoms with Crippen molar-refractivity contribution >= 4 is 94.1 Å². The number of aromatic hydroxyl groups is 1. The van der Waals surface area contributed by atoms with E-state index < -0.39 is 0 Å². The molecule has 2 heterocycles. The first-order valence-corrected chi connectivity index (χ1v) is 17.0. The van der Waals surface area contributed by atoms with Crippen LogP contribution in [0.15, 0.2) is 34.3 Å². The average molecular weight is 740 g/mol. The highest BCUT2D eigenvalue weighted by atomic mass is 35.5. The predicted octanol–water partition coefficient (Wildman–Crippen LogP) is 9.51. The standard InChI is InChI=1S/C16H18ClN3O2S.C12H18N2O.C4HCl2NOS/c1-5-20(4)9-18-12-6-11(3)14(7-10(12)2)22-16-19-13(8-21)15(17)23-16;1-5-14(4)8-13-11-6-10(3)12(15)7-9(11)2;5-3-2(1-8)7-4(6)9-3/h6-9H,5H2,1-4H3;6-8,15H,5H2,1-4H3;1H. The van der Waals surface area contributed by atoms with Crippen molar-refractivity contribution in [2.24, 2.45) is 9.98 Å². The number of carbonyl (C=O) groups is 2. The number of benzene rings is 2. The van der Waals surface area contributed by atoms with Crippen LogP contribution in [0.1, 0.15) is 57.1 Å². The first kappa shape index (κ1) is 39.6. The Bertz CT molecular complexity index is 1730. The number of hydrogen-bond acceptors (Lipinski definition) is 10. The van der Waals surface area contributed by atoms with E-state index in [0.29, 0.717) is 42.4 Å². The molecule has 10 nitrogen and oxygen atoms in total. The average Bonchev–Trinajstić information content (AvgIpc) is 3.57. The fourth-order valence-corrected chi connectivity index (χ4v) is 5.45. The van der Waals surface area contributed by atoms with Crippen LogP contribution in [0.2, 0.25) is 13.1 Å². The second-order valence-corrected chi connectivity index (χ2v) is 13.8. The fraction of sp³-hybridized carbons (Fsp3) is 0.312. The van der Waals surface area contributed by atoms with Crippen molar-refractivity contribution in [2.75, 3.05) is 27.2 Å². The molecule has 0 saturated carbocycles. The number of aliphatic imine (C=N–C) groups is 2. The summed E-state index contributed by atoms with van der Waals surface area (Å²) in [5, 5.41) is 9.83. The molecule has 0 spiro atoms. The number of hydrogen-bond donors (Lipinski definition) is 1. The zero-order chi connectivity index (χ0) is 35.3. The van der Waals surface area contributed by atoms with Gasteiger partial charge in [0.25, 0.3) is 5.19 Å². The van der Waals surface area contributed by atoms with Gasteiger partial charge in [-0.15, -0.1) is 0 Å². The molecular formula is C32H37Cl3N6O4S2. The fourth-order valence-electron chi connectivity index (χ4n) is 3.30. The molecule has 0 radical (unpaired) electrons. The number of aromatic nitrogens is 2. The van der Waals surface area contributed by atoms with E-state index >= 15 is 0 Å². The third kappa shape index (κ3) is 12.5. The molecule has 4 aromatic rings. The Labute approximate surface area is 298 Å². The lowest BCUT2D eigenvalue weighted by atomic mass is 10.1. The number of aldehydes is 2. The Hall–Kier alpha value is -3.55. The zero-order valence-corrected chi connectivity index (χ0v) is 31.2. The van der Waals surface area contributed by atoms with Gasteiger partial charge < -0.3 is 19.6 Å². The van der Waals surface area contributed by atoms with Gasteiger partial charge in [-0.05, 0) is 88.1 Å². The van der Waals surface area contributed by atoms with Crippen molar-refractivity contribution in [3.63, 3.8) is 0 Å². The second kappa shape index (κ2) is 19.3. The molecule has 0 aliphatic rings. The molecule has 1 N–H and O–H groups in total. The molecule has 0 amide bonds. The number of phenolic OH excluding ortho intramolecular Hbond substituents is 1. The van der Waals surface area contributed by atoms with Crippen molar-refractivity contribution in [2.45, 2.75) is 41.5 Å². The number of nitrogens with zero attached hydrogens (tertiary/aromatic N) is 6. The van der Waals surface area contributed by atoms with E-state index in [1.807, 2.05) is 69.8 Å². The topological polar surface area (TPSA) is 121 Å². The van der Waals surface area contributed by atoms with Crippen molar-refractivity contribution in [1.29, 1.82) is 0 Å². The van der Waals surface area contributed by atoms with Crippen LogP contribution < -0.4 is 4.74 Å². The lowest BCUT2D eigenvalue weighted by Crippen LogP contribution is -2.14. The van der Waals surface area contributed by atoms with Crippen LogP contribution in [-0.2, 0) is 0 Å². The minimum Gasteiger partial charge on any atom is -0.508 e. The van der Waals surface area contributed by atoms with Gasteiger partial charge in [-0.25, -0.2) is 15.0 Å². The molecule has 15 heteroatoms. The molecule has 4 rings (SSSR count). The smallest absolute Gasteiger partial charge is 0.280 e. The van der Waals surface area contributed by atoms with Gasteiger partial charge >= 0.3 is 0 Å². The number of halogens is 3. The minimum absolute atomic E-state index is 0.199. The largest absolute Gasteiger partial charge is 0.508 e. The highest BCUT2D eigenvalue weighted by Gasteiger charge is 2.13. The van der Waals surface area contributed by atoms with Crippen LogP contribution in [0.5, 0.6) is 16.7 Å². The third-order valence-electron chi connectivity index (χ3n) is 6.39. The van der Waals surface area contributed by atoms with Crippen molar-refractivity contribution in [3.05, 3.63) is 71.0 Å². The highest BCUT2D eigenvalue weighted by molar-refractivity contribution is 7.19. The van der Waals surface area contributed by atoms with Gasteiger partial charge in [-0.2, -0.15) is 4.98 Å². The summed E-state index contributed by atoms with van der Waals surface area (Å²) in [6.45, 7) is 13.7. The highest BCUT2D eigenvalue weighted by Crippen LogP contribution is 2.36. The molecule has 252 valence electrons. The lowest BCUT2D eigenvalue weighted by molar-refractivity contribution is 0.111. The van der Waals surface area contributed by atoms with Crippen LogP contribution >= 0.6 is 57.5 Å². The van der Waals surface area contributed by atoms with Crippen LogP contribution in [0.25, 0.3) is 0 Å². The third-order valence-corrected chi connectivity index (χ3v) is 8.94. The Morgan fingerprint density at radius 3 is 1.70 bits per heavy atom.